The molecule has 0 bridgehead atoms. The number of nitrogens with one attached hydrogen (secondary N) is 1. The number of amides is 1. The fraction of sp³-hybridized carbons (Fsp3) is 0.227. The maximum absolute atomic E-state index is 13.3. The van der Waals surface area contributed by atoms with E-state index >= 15 is 0 Å². The van der Waals surface area contributed by atoms with Crippen molar-refractivity contribution in [2.24, 2.45) is 0 Å². The molecule has 0 aliphatic carbocycles. The molecule has 2 aromatic carbocycles. The van der Waals surface area contributed by atoms with Crippen LogP contribution in [0.5, 0.6) is 11.5 Å². The average molecular weight is 399 g/mol. The Bertz CT molecular complexity index is 1090. The van der Waals surface area contributed by atoms with E-state index in [0.29, 0.717) is 23.4 Å². The van der Waals surface area contributed by atoms with Crippen LogP contribution in [0.3, 0.4) is 0 Å². The molecule has 3 aromatic rings. The molecule has 0 fully saturated rings. The highest BCUT2D eigenvalue weighted by atomic mass is 19.3. The lowest BCUT2D eigenvalue weighted by molar-refractivity contribution is -0.286. The van der Waals surface area contributed by atoms with E-state index in [1.54, 1.807) is 44.4 Å². The Kier molecular flexibility index (Phi) is 4.53. The molecule has 0 saturated carbocycles. The minimum Gasteiger partial charge on any atom is -0.468 e. The number of furan rings is 1. The Labute approximate surface area is 166 Å². The fourth-order valence-corrected chi connectivity index (χ4v) is 3.40. The lowest BCUT2D eigenvalue weighted by Crippen LogP contribution is -2.25. The number of halogens is 2. The average Bonchev–Trinajstić information content (AvgIpc) is 3.19. The van der Waals surface area contributed by atoms with Crippen molar-refractivity contribution in [1.29, 1.82) is 0 Å². The van der Waals surface area contributed by atoms with Crippen LogP contribution < -0.4 is 14.8 Å². The van der Waals surface area contributed by atoms with Crippen LogP contribution in [0.25, 0.3) is 11.1 Å². The molecule has 0 saturated heterocycles. The number of alkyl halides is 2. The number of hydrogen-bond acceptors (Lipinski definition) is 4. The second-order valence-electron chi connectivity index (χ2n) is 6.86. The smallest absolute Gasteiger partial charge is 0.468 e. The SMILES string of the molecule is CCc1coc(C)c1C(=O)Nc1ccc(-c2cc3c(cc2C)OC(F)(F)O3)cc1. The number of rotatable bonds is 4. The highest BCUT2D eigenvalue weighted by Gasteiger charge is 2.43. The van der Waals surface area contributed by atoms with Gasteiger partial charge >= 0.3 is 6.29 Å². The molecule has 1 aliphatic rings. The third kappa shape index (κ3) is 3.55. The van der Waals surface area contributed by atoms with Gasteiger partial charge in [0.15, 0.2) is 11.5 Å². The molecule has 150 valence electrons. The molecule has 0 radical (unpaired) electrons. The molecular weight excluding hydrogens is 380 g/mol. The summed E-state index contributed by atoms with van der Waals surface area (Å²) in [4.78, 5) is 12.6. The molecular formula is C22H19F2NO4. The summed E-state index contributed by atoms with van der Waals surface area (Å²) in [6, 6.07) is 10.2. The van der Waals surface area contributed by atoms with E-state index in [2.05, 4.69) is 14.8 Å². The predicted molar refractivity (Wildman–Crippen MR) is 104 cm³/mol. The normalized spacial score (nSPS) is 14.1. The lowest BCUT2D eigenvalue weighted by Gasteiger charge is -2.10. The number of carbonyl (C=O) groups is 1. The molecule has 1 aliphatic heterocycles. The molecule has 7 heteroatoms. The molecule has 1 N–H and O–H groups in total. The van der Waals surface area contributed by atoms with E-state index in [0.717, 1.165) is 22.3 Å². The summed E-state index contributed by atoms with van der Waals surface area (Å²) in [5, 5.41) is 2.86. The van der Waals surface area contributed by atoms with Gasteiger partial charge < -0.3 is 19.2 Å². The topological polar surface area (TPSA) is 60.7 Å². The molecule has 2 heterocycles. The standard InChI is InChI=1S/C22H19F2NO4/c1-4-14-11-27-13(3)20(14)21(26)25-16-7-5-15(6-8-16)17-10-19-18(9-12(17)2)28-22(23,24)29-19/h5-11H,4H2,1-3H3,(H,25,26). The number of anilines is 1. The van der Waals surface area contributed by atoms with Gasteiger partial charge in [0, 0.05) is 11.3 Å². The number of aryl methyl sites for hydroxylation is 3. The summed E-state index contributed by atoms with van der Waals surface area (Å²) >= 11 is 0. The Morgan fingerprint density at radius 2 is 1.72 bits per heavy atom. The van der Waals surface area contributed by atoms with Crippen molar-refractivity contribution in [2.75, 3.05) is 5.32 Å². The van der Waals surface area contributed by atoms with E-state index in [4.69, 9.17) is 4.42 Å². The Balaban J connectivity index is 1.56. The first-order valence-corrected chi connectivity index (χ1v) is 9.16. The summed E-state index contributed by atoms with van der Waals surface area (Å²) in [6.45, 7) is 5.52. The lowest BCUT2D eigenvalue weighted by atomic mass is 9.99. The summed E-state index contributed by atoms with van der Waals surface area (Å²) < 4.78 is 40.9. The molecule has 0 atom stereocenters. The van der Waals surface area contributed by atoms with Crippen LogP contribution in [0.4, 0.5) is 14.5 Å². The zero-order chi connectivity index (χ0) is 20.8. The Hall–Kier alpha value is -3.35. The second-order valence-corrected chi connectivity index (χ2v) is 6.86. The highest BCUT2D eigenvalue weighted by molar-refractivity contribution is 6.06. The zero-order valence-corrected chi connectivity index (χ0v) is 16.1. The molecule has 5 nitrogen and oxygen atoms in total. The van der Waals surface area contributed by atoms with Crippen molar-refractivity contribution >= 4 is 11.6 Å². The van der Waals surface area contributed by atoms with Gasteiger partial charge in [-0.1, -0.05) is 19.1 Å². The van der Waals surface area contributed by atoms with Gasteiger partial charge in [-0.15, -0.1) is 8.78 Å². The quantitative estimate of drug-likeness (QED) is 0.611. The molecule has 4 rings (SSSR count). The Morgan fingerprint density at radius 1 is 1.07 bits per heavy atom. The predicted octanol–water partition coefficient (Wildman–Crippen LogP) is 5.70. The molecule has 29 heavy (non-hydrogen) atoms. The van der Waals surface area contributed by atoms with E-state index in [9.17, 15) is 13.6 Å². The van der Waals surface area contributed by atoms with Gasteiger partial charge in [0.2, 0.25) is 0 Å². The molecule has 1 aromatic heterocycles. The van der Waals surface area contributed by atoms with E-state index in [1.807, 2.05) is 6.92 Å². The van der Waals surface area contributed by atoms with Crippen molar-refractivity contribution in [1.82, 2.24) is 0 Å². The summed E-state index contributed by atoms with van der Waals surface area (Å²) in [7, 11) is 0. The number of carbonyl (C=O) groups excluding carboxylic acids is 1. The van der Waals surface area contributed by atoms with Gasteiger partial charge in [-0.3, -0.25) is 4.79 Å². The van der Waals surface area contributed by atoms with Crippen molar-refractivity contribution in [2.45, 2.75) is 33.5 Å². The third-order valence-electron chi connectivity index (χ3n) is 4.86. The number of ether oxygens (including phenoxy) is 2. The second kappa shape index (κ2) is 6.92. The third-order valence-corrected chi connectivity index (χ3v) is 4.86. The number of fused-ring (bicyclic) bond motifs is 1. The van der Waals surface area contributed by atoms with Crippen molar-refractivity contribution in [3.8, 4) is 22.6 Å². The minimum atomic E-state index is -3.65. The Morgan fingerprint density at radius 3 is 2.38 bits per heavy atom. The van der Waals surface area contributed by atoms with E-state index in [-0.39, 0.29) is 17.4 Å². The molecule has 1 amide bonds. The van der Waals surface area contributed by atoms with Gasteiger partial charge in [0.05, 0.1) is 11.8 Å². The molecule has 0 spiro atoms. The van der Waals surface area contributed by atoms with Gasteiger partial charge in [0.1, 0.15) is 5.76 Å². The van der Waals surface area contributed by atoms with Gasteiger partial charge in [-0.2, -0.15) is 0 Å². The van der Waals surface area contributed by atoms with Crippen LogP contribution >= 0.6 is 0 Å². The van der Waals surface area contributed by atoms with Crippen LogP contribution in [0, 0.1) is 13.8 Å². The fourth-order valence-electron chi connectivity index (χ4n) is 3.40. The van der Waals surface area contributed by atoms with E-state index < -0.39 is 6.29 Å². The summed E-state index contributed by atoms with van der Waals surface area (Å²) in [6.07, 6.45) is -1.36. The first-order chi connectivity index (χ1) is 13.8. The van der Waals surface area contributed by atoms with Gasteiger partial charge in [-0.05, 0) is 61.2 Å². The molecule has 0 unspecified atom stereocenters. The first kappa shape index (κ1) is 19.0. The van der Waals surface area contributed by atoms with Crippen LogP contribution in [0.1, 0.15) is 34.2 Å². The maximum atomic E-state index is 13.3. The number of benzene rings is 2. The van der Waals surface area contributed by atoms with Crippen molar-refractivity contribution < 1.29 is 27.5 Å². The van der Waals surface area contributed by atoms with Crippen LogP contribution in [0.15, 0.2) is 47.1 Å². The van der Waals surface area contributed by atoms with Crippen LogP contribution in [0.2, 0.25) is 0 Å². The number of hydrogen-bond donors (Lipinski definition) is 1. The summed E-state index contributed by atoms with van der Waals surface area (Å²) in [5.41, 5.74) is 4.32. The monoisotopic (exact) mass is 399 g/mol. The highest BCUT2D eigenvalue weighted by Crippen LogP contribution is 2.44. The van der Waals surface area contributed by atoms with Crippen LogP contribution in [-0.4, -0.2) is 12.2 Å². The zero-order valence-electron chi connectivity index (χ0n) is 16.1. The van der Waals surface area contributed by atoms with Crippen molar-refractivity contribution in [3.05, 3.63) is 65.1 Å². The van der Waals surface area contributed by atoms with Gasteiger partial charge in [-0.25, -0.2) is 0 Å². The van der Waals surface area contributed by atoms with E-state index in [1.165, 1.54) is 12.1 Å². The van der Waals surface area contributed by atoms with Crippen LogP contribution in [-0.2, 0) is 6.42 Å². The summed E-state index contributed by atoms with van der Waals surface area (Å²) in [5.74, 6) is 0.351. The minimum absolute atomic E-state index is 0.00416. The van der Waals surface area contributed by atoms with Gasteiger partial charge in [0.25, 0.3) is 5.91 Å². The largest absolute Gasteiger partial charge is 0.586 e. The van der Waals surface area contributed by atoms with Crippen molar-refractivity contribution in [3.63, 3.8) is 0 Å². The first-order valence-electron chi connectivity index (χ1n) is 9.16. The maximum Gasteiger partial charge on any atom is 0.586 e.